The number of hydrogen-bond donors (Lipinski definition) is 1. The van der Waals surface area contributed by atoms with Gasteiger partial charge in [-0.2, -0.15) is 0 Å². The quantitative estimate of drug-likeness (QED) is 0.889. The molecule has 1 amide bonds. The molecule has 1 aliphatic heterocycles. The molecule has 1 aromatic rings. The van der Waals surface area contributed by atoms with Crippen molar-refractivity contribution < 1.29 is 9.18 Å². The zero-order chi connectivity index (χ0) is 13.1. The van der Waals surface area contributed by atoms with Crippen LogP contribution in [-0.4, -0.2) is 23.9 Å². The highest BCUT2D eigenvalue weighted by Crippen LogP contribution is 2.20. The first-order chi connectivity index (χ1) is 8.56. The van der Waals surface area contributed by atoms with Crippen LogP contribution in [0.1, 0.15) is 24.0 Å². The fourth-order valence-electron chi connectivity index (χ4n) is 2.40. The van der Waals surface area contributed by atoms with E-state index in [9.17, 15) is 9.18 Å². The van der Waals surface area contributed by atoms with Crippen molar-refractivity contribution in [2.24, 2.45) is 11.7 Å². The lowest BCUT2D eigenvalue weighted by molar-refractivity contribution is -0.123. The molecule has 3 nitrogen and oxygen atoms in total. The van der Waals surface area contributed by atoms with Gasteiger partial charge in [-0.3, -0.25) is 9.69 Å². The van der Waals surface area contributed by atoms with E-state index in [0.29, 0.717) is 6.54 Å². The average molecular weight is 250 g/mol. The van der Waals surface area contributed by atoms with Crippen molar-refractivity contribution in [3.8, 4) is 0 Å². The maximum absolute atomic E-state index is 13.7. The van der Waals surface area contributed by atoms with Crippen molar-refractivity contribution in [3.05, 3.63) is 35.1 Å². The first-order valence-corrected chi connectivity index (χ1v) is 6.33. The Morgan fingerprint density at radius 2 is 2.11 bits per heavy atom. The second kappa shape index (κ2) is 5.48. The molecule has 0 atom stereocenters. The first kappa shape index (κ1) is 13.0. The number of halogens is 1. The van der Waals surface area contributed by atoms with Crippen LogP contribution in [0.2, 0.25) is 0 Å². The molecule has 1 heterocycles. The van der Waals surface area contributed by atoms with Gasteiger partial charge in [0.1, 0.15) is 5.82 Å². The fourth-order valence-corrected chi connectivity index (χ4v) is 2.40. The summed E-state index contributed by atoms with van der Waals surface area (Å²) in [4.78, 5) is 13.2. The largest absolute Gasteiger partial charge is 0.369 e. The van der Waals surface area contributed by atoms with E-state index in [2.05, 4.69) is 4.90 Å². The standard InChI is InChI=1S/C14H19FN2O/c1-10-2-3-12(13(15)8-10)9-17-6-4-11(5-7-17)14(16)18/h2-3,8,11H,4-7,9H2,1H3,(H2,16,18). The molecule has 0 saturated carbocycles. The van der Waals surface area contributed by atoms with E-state index in [0.717, 1.165) is 37.1 Å². The van der Waals surface area contributed by atoms with Crippen molar-refractivity contribution in [1.82, 2.24) is 4.90 Å². The molecule has 98 valence electrons. The SMILES string of the molecule is Cc1ccc(CN2CCC(C(N)=O)CC2)c(F)c1. The van der Waals surface area contributed by atoms with E-state index in [4.69, 9.17) is 5.73 Å². The number of carbonyl (C=O) groups excluding carboxylic acids is 1. The minimum absolute atomic E-state index is 0.0101. The lowest BCUT2D eigenvalue weighted by Crippen LogP contribution is -2.38. The summed E-state index contributed by atoms with van der Waals surface area (Å²) in [5, 5.41) is 0. The molecular weight excluding hydrogens is 231 g/mol. The molecule has 0 aliphatic carbocycles. The van der Waals surface area contributed by atoms with Gasteiger partial charge in [0.2, 0.25) is 5.91 Å². The molecule has 1 fully saturated rings. The van der Waals surface area contributed by atoms with Crippen LogP contribution in [0.5, 0.6) is 0 Å². The van der Waals surface area contributed by atoms with Crippen LogP contribution >= 0.6 is 0 Å². The molecule has 0 radical (unpaired) electrons. The number of benzene rings is 1. The Hall–Kier alpha value is -1.42. The molecule has 1 aliphatic rings. The maximum atomic E-state index is 13.7. The predicted molar refractivity (Wildman–Crippen MR) is 68.3 cm³/mol. The Morgan fingerprint density at radius 3 is 2.67 bits per heavy atom. The third-order valence-corrected chi connectivity index (χ3v) is 3.59. The number of nitrogens with two attached hydrogens (primary N) is 1. The number of piperidine rings is 1. The van der Waals surface area contributed by atoms with Gasteiger partial charge in [0, 0.05) is 18.0 Å². The van der Waals surface area contributed by atoms with Crippen LogP contribution < -0.4 is 5.73 Å². The first-order valence-electron chi connectivity index (χ1n) is 6.33. The summed E-state index contributed by atoms with van der Waals surface area (Å²) >= 11 is 0. The summed E-state index contributed by atoms with van der Waals surface area (Å²) in [6, 6.07) is 5.32. The van der Waals surface area contributed by atoms with Gasteiger partial charge in [-0.05, 0) is 44.5 Å². The lowest BCUT2D eigenvalue weighted by Gasteiger charge is -2.30. The third kappa shape index (κ3) is 3.07. The zero-order valence-corrected chi connectivity index (χ0v) is 10.7. The number of nitrogens with zero attached hydrogens (tertiary/aromatic N) is 1. The Kier molecular flexibility index (Phi) is 3.97. The molecule has 0 unspecified atom stereocenters. The van der Waals surface area contributed by atoms with Crippen LogP contribution in [0.4, 0.5) is 4.39 Å². The average Bonchev–Trinajstić information content (AvgIpc) is 2.33. The van der Waals surface area contributed by atoms with Crippen molar-refractivity contribution in [2.45, 2.75) is 26.3 Å². The van der Waals surface area contributed by atoms with E-state index >= 15 is 0 Å². The summed E-state index contributed by atoms with van der Waals surface area (Å²) < 4.78 is 13.7. The van der Waals surface area contributed by atoms with Crippen LogP contribution in [0.25, 0.3) is 0 Å². The van der Waals surface area contributed by atoms with Gasteiger partial charge in [-0.25, -0.2) is 4.39 Å². The lowest BCUT2D eigenvalue weighted by atomic mass is 9.96. The van der Waals surface area contributed by atoms with Crippen LogP contribution in [0.3, 0.4) is 0 Å². The van der Waals surface area contributed by atoms with Gasteiger partial charge < -0.3 is 5.73 Å². The van der Waals surface area contributed by atoms with Gasteiger partial charge >= 0.3 is 0 Å². The van der Waals surface area contributed by atoms with Gasteiger partial charge in [0.05, 0.1) is 0 Å². The van der Waals surface area contributed by atoms with Gasteiger partial charge in [-0.15, -0.1) is 0 Å². The second-order valence-corrected chi connectivity index (χ2v) is 5.05. The highest BCUT2D eigenvalue weighted by atomic mass is 19.1. The molecule has 1 saturated heterocycles. The number of primary amides is 1. The Bertz CT molecular complexity index is 439. The van der Waals surface area contributed by atoms with E-state index < -0.39 is 0 Å². The number of likely N-dealkylation sites (tertiary alicyclic amines) is 1. The Labute approximate surface area is 107 Å². The predicted octanol–water partition coefficient (Wildman–Crippen LogP) is 1.83. The van der Waals surface area contributed by atoms with Crippen LogP contribution in [0.15, 0.2) is 18.2 Å². The molecule has 2 N–H and O–H groups in total. The molecule has 2 rings (SSSR count). The fraction of sp³-hybridized carbons (Fsp3) is 0.500. The summed E-state index contributed by atoms with van der Waals surface area (Å²) in [6.07, 6.45) is 1.56. The zero-order valence-electron chi connectivity index (χ0n) is 10.7. The summed E-state index contributed by atoms with van der Waals surface area (Å²) in [7, 11) is 0. The van der Waals surface area contributed by atoms with Gasteiger partial charge in [0.25, 0.3) is 0 Å². The smallest absolute Gasteiger partial charge is 0.220 e. The van der Waals surface area contributed by atoms with Crippen LogP contribution in [0, 0.1) is 18.7 Å². The summed E-state index contributed by atoms with van der Waals surface area (Å²) in [5.74, 6) is -0.368. The van der Waals surface area contributed by atoms with Gasteiger partial charge in [0.15, 0.2) is 0 Å². The molecule has 0 bridgehead atoms. The number of rotatable bonds is 3. The van der Waals surface area contributed by atoms with Crippen molar-refractivity contribution >= 4 is 5.91 Å². The summed E-state index contributed by atoms with van der Waals surface area (Å²) in [5.41, 5.74) is 6.94. The topological polar surface area (TPSA) is 46.3 Å². The summed E-state index contributed by atoms with van der Waals surface area (Å²) in [6.45, 7) is 4.10. The van der Waals surface area contributed by atoms with E-state index in [1.54, 1.807) is 6.07 Å². The van der Waals surface area contributed by atoms with Crippen molar-refractivity contribution in [2.75, 3.05) is 13.1 Å². The molecule has 0 spiro atoms. The van der Waals surface area contributed by atoms with Crippen LogP contribution in [-0.2, 0) is 11.3 Å². The number of aryl methyl sites for hydroxylation is 1. The Balaban J connectivity index is 1.93. The number of amides is 1. The molecule has 18 heavy (non-hydrogen) atoms. The minimum atomic E-state index is -0.212. The monoisotopic (exact) mass is 250 g/mol. The van der Waals surface area contributed by atoms with Crippen molar-refractivity contribution in [3.63, 3.8) is 0 Å². The van der Waals surface area contributed by atoms with E-state index in [1.807, 2.05) is 19.1 Å². The van der Waals surface area contributed by atoms with Gasteiger partial charge in [-0.1, -0.05) is 12.1 Å². The van der Waals surface area contributed by atoms with E-state index in [1.165, 1.54) is 0 Å². The second-order valence-electron chi connectivity index (χ2n) is 5.05. The molecular formula is C14H19FN2O. The normalized spacial score (nSPS) is 17.9. The Morgan fingerprint density at radius 1 is 1.44 bits per heavy atom. The highest BCUT2D eigenvalue weighted by Gasteiger charge is 2.23. The molecule has 4 heteroatoms. The van der Waals surface area contributed by atoms with E-state index in [-0.39, 0.29) is 17.6 Å². The minimum Gasteiger partial charge on any atom is -0.369 e. The molecule has 0 aromatic heterocycles. The number of carbonyl (C=O) groups is 1. The third-order valence-electron chi connectivity index (χ3n) is 3.59. The highest BCUT2D eigenvalue weighted by molar-refractivity contribution is 5.76. The number of hydrogen-bond acceptors (Lipinski definition) is 2. The van der Waals surface area contributed by atoms with Crippen molar-refractivity contribution in [1.29, 1.82) is 0 Å². The maximum Gasteiger partial charge on any atom is 0.220 e. The molecule has 1 aromatic carbocycles.